The SMILES string of the molecule is CCCCCCC/C=C\C/C=C\CCCCCCCCCCCCCCCCCCCCCCCCCCCCCCCC(=O)NC(COP(=O)([O-])OCC[N+](C)(C)C)C(O)/C=C/CC/C=C/CCCCCCCCCC. The van der Waals surface area contributed by atoms with E-state index in [1.54, 1.807) is 6.08 Å². The lowest BCUT2D eigenvalue weighted by Gasteiger charge is -2.29. The van der Waals surface area contributed by atoms with Crippen LogP contribution in [-0.4, -0.2) is 68.5 Å². The molecule has 0 aliphatic rings. The summed E-state index contributed by atoms with van der Waals surface area (Å²) in [6, 6.07) is -0.901. The first-order valence-electron chi connectivity index (χ1n) is 33.5. The molecule has 1 amide bonds. The molecule has 8 nitrogen and oxygen atoms in total. The smallest absolute Gasteiger partial charge is 0.268 e. The highest BCUT2D eigenvalue weighted by Crippen LogP contribution is 2.38. The van der Waals surface area contributed by atoms with Crippen molar-refractivity contribution in [3.8, 4) is 0 Å². The number of nitrogens with zero attached hydrogens (tertiary/aromatic N) is 1. The van der Waals surface area contributed by atoms with Gasteiger partial charge in [-0.05, 0) is 64.2 Å². The Bertz CT molecular complexity index is 1390. The zero-order valence-electron chi connectivity index (χ0n) is 51.9. The number of phosphoric ester groups is 1. The van der Waals surface area contributed by atoms with E-state index in [-0.39, 0.29) is 19.1 Å². The normalized spacial score (nSPS) is 14.0. The monoisotopic (exact) mass is 1100 g/mol. The van der Waals surface area contributed by atoms with Gasteiger partial charge in [0, 0.05) is 6.42 Å². The average molecular weight is 1100 g/mol. The van der Waals surface area contributed by atoms with Crippen LogP contribution in [-0.2, 0) is 18.4 Å². The highest BCUT2D eigenvalue weighted by Gasteiger charge is 2.23. The number of unbranched alkanes of at least 4 members (excludes halogenated alkanes) is 43. The van der Waals surface area contributed by atoms with Gasteiger partial charge in [-0.15, -0.1) is 0 Å². The van der Waals surface area contributed by atoms with E-state index in [0.29, 0.717) is 17.4 Å². The molecule has 0 aromatic heterocycles. The van der Waals surface area contributed by atoms with Crippen molar-refractivity contribution in [3.63, 3.8) is 0 Å². The quantitative estimate of drug-likeness (QED) is 0.0272. The molecule has 0 aliphatic carbocycles. The highest BCUT2D eigenvalue weighted by molar-refractivity contribution is 7.45. The summed E-state index contributed by atoms with van der Waals surface area (Å²) in [5.74, 6) is -0.202. The van der Waals surface area contributed by atoms with Crippen LogP contribution in [0.5, 0.6) is 0 Å². The Labute approximate surface area is 479 Å². The summed E-state index contributed by atoms with van der Waals surface area (Å²) in [7, 11) is 1.25. The lowest BCUT2D eigenvalue weighted by Crippen LogP contribution is -2.45. The number of carbonyl (C=O) groups excluding carboxylic acids is 1. The van der Waals surface area contributed by atoms with Crippen LogP contribution in [0.3, 0.4) is 0 Å². The van der Waals surface area contributed by atoms with Gasteiger partial charge in [-0.1, -0.05) is 306 Å². The number of phosphoric acid groups is 1. The molecule has 9 heteroatoms. The maximum Gasteiger partial charge on any atom is 0.268 e. The Morgan fingerprint density at radius 2 is 0.766 bits per heavy atom. The number of aliphatic hydroxyl groups excluding tert-OH is 1. The minimum Gasteiger partial charge on any atom is -0.756 e. The van der Waals surface area contributed by atoms with E-state index in [9.17, 15) is 19.4 Å². The minimum absolute atomic E-state index is 0.00498. The molecule has 0 aliphatic heterocycles. The summed E-state index contributed by atoms with van der Waals surface area (Å²) in [4.78, 5) is 25.5. The average Bonchev–Trinajstić information content (AvgIpc) is 3.39. The van der Waals surface area contributed by atoms with Crippen LogP contribution >= 0.6 is 7.82 Å². The standard InChI is InChI=1S/C68H131N2O6P/c1-6-8-10-12-14-16-18-20-22-23-24-25-26-27-28-29-30-31-32-33-34-35-36-37-38-39-40-41-42-43-44-45-46-47-48-50-52-54-56-58-60-62-68(72)69-66(65-76-77(73,74)75-64-63-70(3,4)5)67(71)61-59-57-55-53-51-49-21-19-17-15-13-11-9-7-2/h18,20,23-24,51,53,59,61,66-67,71H,6-17,19,21-22,25-50,52,54-58,60,62-65H2,1-5H3,(H-,69,72,73,74)/b20-18-,24-23-,53-51+,61-59+. The van der Waals surface area contributed by atoms with Gasteiger partial charge in [-0.2, -0.15) is 0 Å². The van der Waals surface area contributed by atoms with E-state index in [4.69, 9.17) is 9.05 Å². The molecule has 0 rings (SSSR count). The molecule has 0 saturated carbocycles. The first-order chi connectivity index (χ1) is 37.5. The molecular weight excluding hydrogens is 972 g/mol. The second kappa shape index (κ2) is 59.1. The van der Waals surface area contributed by atoms with Gasteiger partial charge in [0.2, 0.25) is 5.91 Å². The fourth-order valence-electron chi connectivity index (χ4n) is 10.0. The molecule has 0 bridgehead atoms. The topological polar surface area (TPSA) is 108 Å². The molecule has 0 fully saturated rings. The first-order valence-corrected chi connectivity index (χ1v) is 35.0. The molecule has 3 unspecified atom stereocenters. The van der Waals surface area contributed by atoms with Gasteiger partial charge in [0.05, 0.1) is 39.9 Å². The van der Waals surface area contributed by atoms with Gasteiger partial charge in [0.1, 0.15) is 13.2 Å². The zero-order chi connectivity index (χ0) is 56.3. The van der Waals surface area contributed by atoms with E-state index in [1.807, 2.05) is 27.2 Å². The molecular formula is C68H131N2O6P. The number of carbonyl (C=O) groups is 1. The number of rotatable bonds is 62. The third kappa shape index (κ3) is 61.9. The Hall–Kier alpha value is -1.54. The molecule has 2 N–H and O–H groups in total. The zero-order valence-corrected chi connectivity index (χ0v) is 52.8. The van der Waals surface area contributed by atoms with Crippen molar-refractivity contribution in [3.05, 3.63) is 48.6 Å². The molecule has 0 saturated heterocycles. The van der Waals surface area contributed by atoms with E-state index in [1.165, 1.54) is 263 Å². The number of likely N-dealkylation sites (N-methyl/N-ethyl adjacent to an activating group) is 1. The summed E-state index contributed by atoms with van der Waals surface area (Å²) < 4.78 is 23.3. The van der Waals surface area contributed by atoms with E-state index in [0.717, 1.165) is 44.9 Å². The number of allylic oxidation sites excluding steroid dienone is 7. The summed E-state index contributed by atoms with van der Waals surface area (Å²) in [6.45, 7) is 4.64. The van der Waals surface area contributed by atoms with Gasteiger partial charge >= 0.3 is 0 Å². The molecule has 77 heavy (non-hydrogen) atoms. The van der Waals surface area contributed by atoms with Gasteiger partial charge < -0.3 is 28.8 Å². The lowest BCUT2D eigenvalue weighted by atomic mass is 10.0. The van der Waals surface area contributed by atoms with Crippen molar-refractivity contribution in [2.24, 2.45) is 0 Å². The first kappa shape index (κ1) is 75.5. The van der Waals surface area contributed by atoms with E-state index >= 15 is 0 Å². The van der Waals surface area contributed by atoms with Crippen molar-refractivity contribution in [1.29, 1.82) is 0 Å². The van der Waals surface area contributed by atoms with E-state index < -0.39 is 20.0 Å². The van der Waals surface area contributed by atoms with E-state index in [2.05, 4.69) is 55.6 Å². The molecule has 3 atom stereocenters. The number of amides is 1. The Kier molecular flexibility index (Phi) is 57.9. The molecule has 0 spiro atoms. The largest absolute Gasteiger partial charge is 0.756 e. The molecule has 0 aromatic carbocycles. The van der Waals surface area contributed by atoms with Crippen LogP contribution < -0.4 is 10.2 Å². The van der Waals surface area contributed by atoms with Crippen LogP contribution in [0.15, 0.2) is 48.6 Å². The van der Waals surface area contributed by atoms with Crippen LogP contribution in [0.4, 0.5) is 0 Å². The van der Waals surface area contributed by atoms with Gasteiger partial charge in [0.15, 0.2) is 0 Å². The molecule has 454 valence electrons. The van der Waals surface area contributed by atoms with Gasteiger partial charge in [0.25, 0.3) is 7.82 Å². The fourth-order valence-corrected chi connectivity index (χ4v) is 10.8. The Balaban J connectivity index is 3.85. The van der Waals surface area contributed by atoms with Gasteiger partial charge in [-0.3, -0.25) is 9.36 Å². The molecule has 0 heterocycles. The fraction of sp³-hybridized carbons (Fsp3) is 0.868. The number of nitrogens with one attached hydrogen (secondary N) is 1. The highest BCUT2D eigenvalue weighted by atomic mass is 31.2. The van der Waals surface area contributed by atoms with Gasteiger partial charge in [-0.25, -0.2) is 0 Å². The van der Waals surface area contributed by atoms with Crippen LogP contribution in [0.25, 0.3) is 0 Å². The molecule has 0 aromatic rings. The minimum atomic E-state index is -4.60. The predicted molar refractivity (Wildman–Crippen MR) is 334 cm³/mol. The maximum absolute atomic E-state index is 13.0. The predicted octanol–water partition coefficient (Wildman–Crippen LogP) is 20.4. The summed E-state index contributed by atoms with van der Waals surface area (Å²) >= 11 is 0. The second-order valence-corrected chi connectivity index (χ2v) is 25.6. The van der Waals surface area contributed by atoms with Crippen LogP contribution in [0.1, 0.15) is 328 Å². The number of aliphatic hydroxyl groups is 1. The number of quaternary nitrogens is 1. The number of hydrogen-bond acceptors (Lipinski definition) is 6. The summed E-state index contributed by atoms with van der Waals surface area (Å²) in [5, 5.41) is 13.9. The van der Waals surface area contributed by atoms with Crippen molar-refractivity contribution < 1.29 is 32.9 Å². The van der Waals surface area contributed by atoms with Crippen molar-refractivity contribution in [2.75, 3.05) is 40.9 Å². The van der Waals surface area contributed by atoms with Crippen molar-refractivity contribution >= 4 is 13.7 Å². The Morgan fingerprint density at radius 1 is 0.455 bits per heavy atom. The molecule has 0 radical (unpaired) electrons. The maximum atomic E-state index is 13.0. The number of hydrogen-bond donors (Lipinski definition) is 2. The van der Waals surface area contributed by atoms with Crippen LogP contribution in [0.2, 0.25) is 0 Å². The van der Waals surface area contributed by atoms with Crippen molar-refractivity contribution in [1.82, 2.24) is 5.32 Å². The second-order valence-electron chi connectivity index (χ2n) is 24.2. The summed E-state index contributed by atoms with van der Waals surface area (Å²) in [6.07, 6.45) is 79.7. The van der Waals surface area contributed by atoms with Crippen molar-refractivity contribution in [2.45, 2.75) is 341 Å². The third-order valence-corrected chi connectivity index (χ3v) is 16.2. The van der Waals surface area contributed by atoms with Crippen LogP contribution in [0, 0.1) is 0 Å². The summed E-state index contributed by atoms with van der Waals surface area (Å²) in [5.41, 5.74) is 0. The lowest BCUT2D eigenvalue weighted by molar-refractivity contribution is -0.870. The third-order valence-electron chi connectivity index (χ3n) is 15.3. The Morgan fingerprint density at radius 3 is 1.13 bits per heavy atom.